The number of methoxy groups -OCH3 is 1. The van der Waals surface area contributed by atoms with Crippen LogP contribution in [0.25, 0.3) is 0 Å². The van der Waals surface area contributed by atoms with Gasteiger partial charge in [0.2, 0.25) is 0 Å². The highest BCUT2D eigenvalue weighted by molar-refractivity contribution is 7.17. The number of benzene rings is 1. The molecule has 1 saturated heterocycles. The highest BCUT2D eigenvalue weighted by Gasteiger charge is 2.35. The number of likely N-dealkylation sites (tertiary alicyclic amines) is 1. The van der Waals surface area contributed by atoms with Crippen LogP contribution in [0.5, 0.6) is 5.75 Å². The van der Waals surface area contributed by atoms with Crippen molar-refractivity contribution in [3.63, 3.8) is 0 Å². The second kappa shape index (κ2) is 6.58. The first-order valence-electron chi connectivity index (χ1n) is 7.80. The van der Waals surface area contributed by atoms with Crippen molar-refractivity contribution >= 4 is 22.4 Å². The van der Waals surface area contributed by atoms with Crippen LogP contribution in [-0.4, -0.2) is 36.0 Å². The summed E-state index contributed by atoms with van der Waals surface area (Å²) in [5, 5.41) is 3.99. The number of nitrogens with zero attached hydrogens (tertiary/aromatic N) is 2. The van der Waals surface area contributed by atoms with E-state index >= 15 is 0 Å². The molecular formula is C17H21N3O2S. The Hall–Kier alpha value is -2.08. The number of nitrogens with one attached hydrogen (secondary N) is 1. The molecule has 3 rings (SSSR count). The van der Waals surface area contributed by atoms with Gasteiger partial charge >= 0.3 is 0 Å². The number of amides is 1. The van der Waals surface area contributed by atoms with Gasteiger partial charge in [0, 0.05) is 13.1 Å². The summed E-state index contributed by atoms with van der Waals surface area (Å²) in [5.74, 6) is 0.897. The second-order valence-electron chi connectivity index (χ2n) is 5.54. The predicted molar refractivity (Wildman–Crippen MR) is 92.4 cm³/mol. The lowest BCUT2D eigenvalue weighted by Gasteiger charge is -2.41. The molecule has 1 aliphatic rings. The molecule has 23 heavy (non-hydrogen) atoms. The summed E-state index contributed by atoms with van der Waals surface area (Å²) in [5.41, 5.74) is 1.92. The third-order valence-corrected chi connectivity index (χ3v) is 5.18. The number of aromatic nitrogens is 1. The molecule has 1 fully saturated rings. The van der Waals surface area contributed by atoms with E-state index in [4.69, 9.17) is 4.74 Å². The number of hydrogen-bond donors (Lipinski definition) is 1. The topological polar surface area (TPSA) is 54.5 Å². The molecule has 2 heterocycles. The fourth-order valence-electron chi connectivity index (χ4n) is 2.78. The Labute approximate surface area is 140 Å². The number of rotatable bonds is 5. The molecule has 1 N–H and O–H groups in total. The zero-order valence-corrected chi connectivity index (χ0v) is 14.4. The third kappa shape index (κ3) is 3.03. The quantitative estimate of drug-likeness (QED) is 0.911. The van der Waals surface area contributed by atoms with Crippen molar-refractivity contribution in [1.82, 2.24) is 9.88 Å². The van der Waals surface area contributed by atoms with Crippen molar-refractivity contribution in [3.8, 4) is 5.75 Å². The Morgan fingerprint density at radius 2 is 2.35 bits per heavy atom. The summed E-state index contributed by atoms with van der Waals surface area (Å²) in [6.07, 6.45) is 0.983. The third-order valence-electron chi connectivity index (χ3n) is 4.08. The molecule has 5 nitrogen and oxygen atoms in total. The molecule has 0 bridgehead atoms. The van der Waals surface area contributed by atoms with Crippen LogP contribution in [0.3, 0.4) is 0 Å². The first kappa shape index (κ1) is 15.8. The Kier molecular flexibility index (Phi) is 4.52. The SMILES string of the molecule is CCNc1nc(C)c(C(=O)N2CCC2c2cccc(OC)c2)s1. The van der Waals surface area contributed by atoms with Crippen LogP contribution in [0, 0.1) is 6.92 Å². The van der Waals surface area contributed by atoms with E-state index in [-0.39, 0.29) is 11.9 Å². The Bertz CT molecular complexity index is 714. The molecular weight excluding hydrogens is 310 g/mol. The Morgan fingerprint density at radius 1 is 1.52 bits per heavy atom. The lowest BCUT2D eigenvalue weighted by atomic mass is 9.94. The summed E-state index contributed by atoms with van der Waals surface area (Å²) in [4.78, 5) is 19.9. The molecule has 0 aliphatic carbocycles. The van der Waals surface area contributed by atoms with E-state index in [1.807, 2.05) is 36.9 Å². The second-order valence-corrected chi connectivity index (χ2v) is 6.54. The minimum absolute atomic E-state index is 0.0724. The maximum absolute atomic E-state index is 12.8. The normalized spacial score (nSPS) is 16.8. The van der Waals surface area contributed by atoms with Gasteiger partial charge in [0.1, 0.15) is 10.6 Å². The summed E-state index contributed by atoms with van der Waals surface area (Å²) in [6, 6.07) is 8.08. The largest absolute Gasteiger partial charge is 0.497 e. The van der Waals surface area contributed by atoms with Gasteiger partial charge in [-0.05, 0) is 38.0 Å². The molecule has 122 valence electrons. The first-order valence-corrected chi connectivity index (χ1v) is 8.62. The molecule has 1 amide bonds. The molecule has 1 atom stereocenters. The Morgan fingerprint density at radius 3 is 3.00 bits per heavy atom. The van der Waals surface area contributed by atoms with E-state index in [1.165, 1.54) is 11.3 Å². The number of carbonyl (C=O) groups excluding carboxylic acids is 1. The fraction of sp³-hybridized carbons (Fsp3) is 0.412. The van der Waals surface area contributed by atoms with Crippen LogP contribution in [0.4, 0.5) is 5.13 Å². The van der Waals surface area contributed by atoms with E-state index in [0.29, 0.717) is 0 Å². The number of aryl methyl sites for hydroxylation is 1. The summed E-state index contributed by atoms with van der Waals surface area (Å²) in [6.45, 7) is 5.50. The van der Waals surface area contributed by atoms with Crippen LogP contribution >= 0.6 is 11.3 Å². The van der Waals surface area contributed by atoms with Crippen LogP contribution in [0.2, 0.25) is 0 Å². The molecule has 1 unspecified atom stereocenters. The van der Waals surface area contributed by atoms with Gasteiger partial charge in [0.05, 0.1) is 18.8 Å². The number of carbonyl (C=O) groups is 1. The highest BCUT2D eigenvalue weighted by atomic mass is 32.1. The van der Waals surface area contributed by atoms with Crippen molar-refractivity contribution in [3.05, 3.63) is 40.4 Å². The standard InChI is InChI=1S/C17H21N3O2S/c1-4-18-17-19-11(2)15(23-17)16(21)20-9-8-14(20)12-6-5-7-13(10-12)22-3/h5-7,10,14H,4,8-9H2,1-3H3,(H,18,19). The monoisotopic (exact) mass is 331 g/mol. The number of anilines is 1. The minimum Gasteiger partial charge on any atom is -0.497 e. The molecule has 0 spiro atoms. The molecule has 1 aromatic carbocycles. The molecule has 0 saturated carbocycles. The van der Waals surface area contributed by atoms with Gasteiger partial charge in [-0.3, -0.25) is 4.79 Å². The van der Waals surface area contributed by atoms with Crippen molar-refractivity contribution in [2.75, 3.05) is 25.5 Å². The lowest BCUT2D eigenvalue weighted by Crippen LogP contribution is -2.45. The highest BCUT2D eigenvalue weighted by Crippen LogP contribution is 2.37. The number of ether oxygens (including phenoxy) is 1. The molecule has 2 aromatic rings. The van der Waals surface area contributed by atoms with E-state index in [9.17, 15) is 4.79 Å². The average Bonchev–Trinajstić information content (AvgIpc) is 2.87. The zero-order chi connectivity index (χ0) is 16.4. The van der Waals surface area contributed by atoms with Gasteiger partial charge in [-0.2, -0.15) is 0 Å². The summed E-state index contributed by atoms with van der Waals surface area (Å²) >= 11 is 1.44. The number of hydrogen-bond acceptors (Lipinski definition) is 5. The molecule has 1 aromatic heterocycles. The van der Waals surface area contributed by atoms with E-state index < -0.39 is 0 Å². The van der Waals surface area contributed by atoms with E-state index in [2.05, 4.69) is 16.4 Å². The van der Waals surface area contributed by atoms with Crippen molar-refractivity contribution in [1.29, 1.82) is 0 Å². The predicted octanol–water partition coefficient (Wildman–Crippen LogP) is 3.48. The zero-order valence-electron chi connectivity index (χ0n) is 13.6. The van der Waals surface area contributed by atoms with Gasteiger partial charge in [0.25, 0.3) is 5.91 Å². The van der Waals surface area contributed by atoms with E-state index in [1.54, 1.807) is 7.11 Å². The van der Waals surface area contributed by atoms with Gasteiger partial charge in [-0.15, -0.1) is 0 Å². The van der Waals surface area contributed by atoms with Crippen LogP contribution in [-0.2, 0) is 0 Å². The summed E-state index contributed by atoms with van der Waals surface area (Å²) < 4.78 is 5.28. The van der Waals surface area contributed by atoms with Crippen molar-refractivity contribution < 1.29 is 9.53 Å². The summed E-state index contributed by atoms with van der Waals surface area (Å²) in [7, 11) is 1.66. The Balaban J connectivity index is 1.80. The maximum Gasteiger partial charge on any atom is 0.266 e. The first-order chi connectivity index (χ1) is 11.1. The van der Waals surface area contributed by atoms with Gasteiger partial charge in [0.15, 0.2) is 5.13 Å². The van der Waals surface area contributed by atoms with Gasteiger partial charge < -0.3 is 15.0 Å². The van der Waals surface area contributed by atoms with Crippen LogP contribution < -0.4 is 10.1 Å². The molecule has 0 radical (unpaired) electrons. The van der Waals surface area contributed by atoms with Gasteiger partial charge in [-0.25, -0.2) is 4.98 Å². The average molecular weight is 331 g/mol. The lowest BCUT2D eigenvalue weighted by molar-refractivity contribution is 0.0464. The van der Waals surface area contributed by atoms with E-state index in [0.717, 1.165) is 46.5 Å². The van der Waals surface area contributed by atoms with Crippen molar-refractivity contribution in [2.24, 2.45) is 0 Å². The van der Waals surface area contributed by atoms with Crippen LogP contribution in [0.15, 0.2) is 24.3 Å². The number of thiazole rings is 1. The fourth-order valence-corrected chi connectivity index (χ4v) is 3.77. The maximum atomic E-state index is 12.8. The van der Waals surface area contributed by atoms with Gasteiger partial charge in [-0.1, -0.05) is 23.5 Å². The minimum atomic E-state index is 0.0724. The van der Waals surface area contributed by atoms with Crippen LogP contribution in [0.1, 0.15) is 40.3 Å². The molecule has 6 heteroatoms. The smallest absolute Gasteiger partial charge is 0.266 e. The molecule has 1 aliphatic heterocycles. The van der Waals surface area contributed by atoms with Crippen molar-refractivity contribution in [2.45, 2.75) is 26.3 Å².